The maximum absolute atomic E-state index is 11.8. The van der Waals surface area contributed by atoms with Crippen molar-refractivity contribution in [2.45, 2.75) is 58.9 Å². The molecule has 0 saturated carbocycles. The molecule has 1 saturated heterocycles. The summed E-state index contributed by atoms with van der Waals surface area (Å²) in [6.45, 7) is 7.20. The minimum absolute atomic E-state index is 0.164. The monoisotopic (exact) mass is 197 g/mol. The molecule has 1 aliphatic rings. The number of nitrogens with zero attached hydrogens (tertiary/aromatic N) is 1. The van der Waals surface area contributed by atoms with Crippen LogP contribution in [-0.4, -0.2) is 23.4 Å². The number of unbranched alkanes of at least 4 members (excludes halogenated alkanes) is 1. The third-order valence-electron chi connectivity index (χ3n) is 3.05. The van der Waals surface area contributed by atoms with E-state index in [1.165, 1.54) is 32.1 Å². The standard InChI is InChI=1S/C12H23NO/c1-4-5-7-11-8-6-9-13(11)12(14)10(2)3/h10-11H,4-9H2,1-3H3. The van der Waals surface area contributed by atoms with E-state index >= 15 is 0 Å². The lowest BCUT2D eigenvalue weighted by Crippen LogP contribution is -2.38. The predicted octanol–water partition coefficient (Wildman–Crippen LogP) is 2.82. The van der Waals surface area contributed by atoms with Crippen molar-refractivity contribution in [3.63, 3.8) is 0 Å². The van der Waals surface area contributed by atoms with Crippen molar-refractivity contribution >= 4 is 5.91 Å². The van der Waals surface area contributed by atoms with Gasteiger partial charge in [-0.05, 0) is 19.3 Å². The van der Waals surface area contributed by atoms with Gasteiger partial charge in [0.1, 0.15) is 0 Å². The van der Waals surface area contributed by atoms with Gasteiger partial charge < -0.3 is 4.90 Å². The molecule has 2 nitrogen and oxygen atoms in total. The van der Waals surface area contributed by atoms with Gasteiger partial charge in [-0.1, -0.05) is 33.6 Å². The molecule has 1 amide bonds. The predicted molar refractivity (Wildman–Crippen MR) is 59.1 cm³/mol. The van der Waals surface area contributed by atoms with Gasteiger partial charge >= 0.3 is 0 Å². The Kier molecular flexibility index (Phi) is 4.43. The maximum atomic E-state index is 11.8. The molecular weight excluding hydrogens is 174 g/mol. The average molecular weight is 197 g/mol. The van der Waals surface area contributed by atoms with Crippen LogP contribution in [0, 0.1) is 5.92 Å². The van der Waals surface area contributed by atoms with Crippen LogP contribution in [-0.2, 0) is 4.79 Å². The van der Waals surface area contributed by atoms with Gasteiger partial charge in [0.05, 0.1) is 0 Å². The highest BCUT2D eigenvalue weighted by molar-refractivity contribution is 5.78. The molecule has 0 spiro atoms. The normalized spacial score (nSPS) is 22.0. The molecule has 0 aromatic carbocycles. The van der Waals surface area contributed by atoms with Crippen molar-refractivity contribution in [3.8, 4) is 0 Å². The van der Waals surface area contributed by atoms with E-state index in [-0.39, 0.29) is 5.92 Å². The molecule has 1 fully saturated rings. The SMILES string of the molecule is CCCCC1CCCN1C(=O)C(C)C. The molecule has 1 aliphatic heterocycles. The van der Waals surface area contributed by atoms with Gasteiger partial charge in [-0.2, -0.15) is 0 Å². The molecule has 14 heavy (non-hydrogen) atoms. The van der Waals surface area contributed by atoms with Gasteiger partial charge in [-0.3, -0.25) is 4.79 Å². The first-order valence-corrected chi connectivity index (χ1v) is 5.97. The molecule has 0 aromatic rings. The fourth-order valence-electron chi connectivity index (χ4n) is 2.20. The van der Waals surface area contributed by atoms with Crippen LogP contribution in [0.3, 0.4) is 0 Å². The number of rotatable bonds is 4. The first kappa shape index (κ1) is 11.5. The van der Waals surface area contributed by atoms with Gasteiger partial charge in [0.25, 0.3) is 0 Å². The summed E-state index contributed by atoms with van der Waals surface area (Å²) in [5.74, 6) is 0.515. The molecule has 0 bridgehead atoms. The second-order valence-electron chi connectivity index (χ2n) is 4.62. The number of hydrogen-bond donors (Lipinski definition) is 0. The molecule has 0 N–H and O–H groups in total. The molecule has 0 aromatic heterocycles. The Hall–Kier alpha value is -0.530. The summed E-state index contributed by atoms with van der Waals surface area (Å²) in [7, 11) is 0. The molecule has 1 atom stereocenters. The number of carbonyl (C=O) groups is 1. The molecule has 2 heteroatoms. The van der Waals surface area contributed by atoms with Gasteiger partial charge in [0, 0.05) is 18.5 Å². The van der Waals surface area contributed by atoms with Crippen molar-refractivity contribution in [2.24, 2.45) is 5.92 Å². The highest BCUT2D eigenvalue weighted by Gasteiger charge is 2.28. The Morgan fingerprint density at radius 2 is 2.21 bits per heavy atom. The maximum Gasteiger partial charge on any atom is 0.225 e. The Bertz CT molecular complexity index is 189. The van der Waals surface area contributed by atoms with Crippen LogP contribution in [0.15, 0.2) is 0 Å². The first-order valence-electron chi connectivity index (χ1n) is 5.97. The Balaban J connectivity index is 2.46. The summed E-state index contributed by atoms with van der Waals surface area (Å²) in [5.41, 5.74) is 0. The summed E-state index contributed by atoms with van der Waals surface area (Å²) in [6.07, 6.45) is 6.12. The zero-order valence-corrected chi connectivity index (χ0v) is 9.75. The summed E-state index contributed by atoms with van der Waals surface area (Å²) >= 11 is 0. The third-order valence-corrected chi connectivity index (χ3v) is 3.05. The lowest BCUT2D eigenvalue weighted by Gasteiger charge is -2.26. The molecule has 1 heterocycles. The van der Waals surface area contributed by atoms with Crippen LogP contribution in [0.4, 0.5) is 0 Å². The highest BCUT2D eigenvalue weighted by atomic mass is 16.2. The number of hydrogen-bond acceptors (Lipinski definition) is 1. The summed E-state index contributed by atoms with van der Waals surface area (Å²) in [5, 5.41) is 0. The molecule has 1 unspecified atom stereocenters. The van der Waals surface area contributed by atoms with Crippen molar-refractivity contribution in [1.29, 1.82) is 0 Å². The van der Waals surface area contributed by atoms with E-state index < -0.39 is 0 Å². The van der Waals surface area contributed by atoms with Gasteiger partial charge in [-0.15, -0.1) is 0 Å². The van der Waals surface area contributed by atoms with Gasteiger partial charge in [0.2, 0.25) is 5.91 Å². The van der Waals surface area contributed by atoms with E-state index in [1.54, 1.807) is 0 Å². The van der Waals surface area contributed by atoms with Crippen LogP contribution in [0.5, 0.6) is 0 Å². The second kappa shape index (κ2) is 5.38. The molecule has 1 rings (SSSR count). The van der Waals surface area contributed by atoms with E-state index in [0.29, 0.717) is 11.9 Å². The lowest BCUT2D eigenvalue weighted by atomic mass is 10.1. The van der Waals surface area contributed by atoms with E-state index in [9.17, 15) is 4.79 Å². The average Bonchev–Trinajstić information content (AvgIpc) is 2.61. The summed E-state index contributed by atoms with van der Waals surface area (Å²) in [4.78, 5) is 14.0. The van der Waals surface area contributed by atoms with Crippen LogP contribution < -0.4 is 0 Å². The smallest absolute Gasteiger partial charge is 0.225 e. The number of carbonyl (C=O) groups excluding carboxylic acids is 1. The summed E-state index contributed by atoms with van der Waals surface area (Å²) < 4.78 is 0. The second-order valence-corrected chi connectivity index (χ2v) is 4.62. The number of likely N-dealkylation sites (tertiary alicyclic amines) is 1. The van der Waals surface area contributed by atoms with Crippen LogP contribution in [0.25, 0.3) is 0 Å². The highest BCUT2D eigenvalue weighted by Crippen LogP contribution is 2.23. The first-order chi connectivity index (χ1) is 6.66. The van der Waals surface area contributed by atoms with Crippen LogP contribution in [0.1, 0.15) is 52.9 Å². The molecule has 0 radical (unpaired) electrons. The van der Waals surface area contributed by atoms with Crippen molar-refractivity contribution in [2.75, 3.05) is 6.54 Å². The van der Waals surface area contributed by atoms with Gasteiger partial charge in [-0.25, -0.2) is 0 Å². The molecule has 0 aliphatic carbocycles. The zero-order valence-electron chi connectivity index (χ0n) is 9.75. The summed E-state index contributed by atoms with van der Waals surface area (Å²) in [6, 6.07) is 0.546. The van der Waals surface area contributed by atoms with E-state index in [4.69, 9.17) is 0 Å². The fraction of sp³-hybridized carbons (Fsp3) is 0.917. The fourth-order valence-corrected chi connectivity index (χ4v) is 2.20. The van der Waals surface area contributed by atoms with Crippen molar-refractivity contribution in [3.05, 3.63) is 0 Å². The topological polar surface area (TPSA) is 20.3 Å². The Labute approximate surface area is 87.7 Å². The number of amides is 1. The van der Waals surface area contributed by atoms with Crippen LogP contribution >= 0.6 is 0 Å². The van der Waals surface area contributed by atoms with Gasteiger partial charge in [0.15, 0.2) is 0 Å². The van der Waals surface area contributed by atoms with E-state index in [0.717, 1.165) is 6.54 Å². The Morgan fingerprint density at radius 3 is 2.79 bits per heavy atom. The minimum Gasteiger partial charge on any atom is -0.339 e. The molecular formula is C12H23NO. The van der Waals surface area contributed by atoms with E-state index in [2.05, 4.69) is 11.8 Å². The third kappa shape index (κ3) is 2.73. The molecule has 82 valence electrons. The largest absolute Gasteiger partial charge is 0.339 e. The quantitative estimate of drug-likeness (QED) is 0.678. The van der Waals surface area contributed by atoms with E-state index in [1.807, 2.05) is 13.8 Å². The minimum atomic E-state index is 0.164. The lowest BCUT2D eigenvalue weighted by molar-refractivity contribution is -0.135. The van der Waals surface area contributed by atoms with Crippen molar-refractivity contribution in [1.82, 2.24) is 4.90 Å². The van der Waals surface area contributed by atoms with Crippen molar-refractivity contribution < 1.29 is 4.79 Å². The zero-order chi connectivity index (χ0) is 10.6. The Morgan fingerprint density at radius 1 is 1.50 bits per heavy atom. The van der Waals surface area contributed by atoms with Crippen LogP contribution in [0.2, 0.25) is 0 Å².